The Labute approximate surface area is 323 Å². The number of rotatable bonds is 5. The molecule has 1 saturated carbocycles. The van der Waals surface area contributed by atoms with Crippen LogP contribution >= 0.6 is 11.6 Å². The van der Waals surface area contributed by atoms with E-state index in [1.54, 1.807) is 6.07 Å². The van der Waals surface area contributed by atoms with Crippen LogP contribution in [0.2, 0.25) is 5.02 Å². The van der Waals surface area contributed by atoms with Crippen molar-refractivity contribution in [2.24, 2.45) is 29.6 Å². The molecular weight excluding hydrogens is 708 g/mol. The first-order chi connectivity index (χ1) is 25.6. The van der Waals surface area contributed by atoms with Crippen molar-refractivity contribution in [1.82, 2.24) is 14.5 Å². The first-order valence-corrected chi connectivity index (χ1v) is 22.0. The summed E-state index contributed by atoms with van der Waals surface area (Å²) in [5.74, 6) is 1.52. The molecule has 2 aromatic rings. The van der Waals surface area contributed by atoms with Crippen molar-refractivity contribution in [3.8, 4) is 5.75 Å². The maximum Gasteiger partial charge on any atom is 0.264 e. The van der Waals surface area contributed by atoms with E-state index in [1.165, 1.54) is 49.8 Å². The van der Waals surface area contributed by atoms with Gasteiger partial charge >= 0.3 is 0 Å². The lowest BCUT2D eigenvalue weighted by molar-refractivity contribution is 0.0282. The van der Waals surface area contributed by atoms with Crippen LogP contribution in [0.1, 0.15) is 86.7 Å². The third kappa shape index (κ3) is 9.61. The average molecular weight is 769 g/mol. The molecule has 292 valence electrons. The number of allylic oxidation sites excluding steroid dienone is 1. The van der Waals surface area contributed by atoms with Gasteiger partial charge in [-0.25, -0.2) is 13.1 Å². The Morgan fingerprint density at radius 3 is 2.57 bits per heavy atom. The molecule has 0 radical (unpaired) electrons. The molecular formula is C42H61ClN4O5S. The van der Waals surface area contributed by atoms with Crippen molar-refractivity contribution < 1.29 is 23.1 Å². The Kier molecular flexibility index (Phi) is 13.5. The first-order valence-electron chi connectivity index (χ1n) is 20.0. The quantitative estimate of drug-likeness (QED) is 0.329. The molecule has 4 aliphatic heterocycles. The smallest absolute Gasteiger partial charge is 0.264 e. The maximum absolute atomic E-state index is 13.5. The minimum atomic E-state index is -3.85. The molecule has 5 aliphatic rings. The van der Waals surface area contributed by atoms with Gasteiger partial charge in [-0.3, -0.25) is 14.6 Å². The van der Waals surface area contributed by atoms with E-state index in [4.69, 9.17) is 21.4 Å². The second kappa shape index (κ2) is 17.9. The van der Waals surface area contributed by atoms with Gasteiger partial charge in [0.25, 0.3) is 5.91 Å². The molecule has 9 nitrogen and oxygen atoms in total. The molecule has 2 aromatic carbocycles. The molecule has 1 amide bonds. The third-order valence-corrected chi connectivity index (χ3v) is 14.4. The zero-order chi connectivity index (χ0) is 37.7. The lowest BCUT2D eigenvalue weighted by Crippen LogP contribution is -2.56. The van der Waals surface area contributed by atoms with Gasteiger partial charge in [-0.05, 0) is 110 Å². The predicted molar refractivity (Wildman–Crippen MR) is 215 cm³/mol. The van der Waals surface area contributed by atoms with Gasteiger partial charge < -0.3 is 14.7 Å². The Bertz CT molecular complexity index is 1700. The second-order valence-electron chi connectivity index (χ2n) is 16.2. The number of sulfonamides is 1. The number of fused-ring (bicyclic) bond motifs is 3. The zero-order valence-corrected chi connectivity index (χ0v) is 33.8. The number of hydrogen-bond donors (Lipinski definition) is 2. The Morgan fingerprint density at radius 2 is 1.79 bits per heavy atom. The first kappa shape index (κ1) is 40.0. The van der Waals surface area contributed by atoms with E-state index in [9.17, 15) is 13.2 Å². The van der Waals surface area contributed by atoms with Gasteiger partial charge in [0.15, 0.2) is 0 Å². The van der Waals surface area contributed by atoms with Crippen molar-refractivity contribution in [3.05, 3.63) is 70.3 Å². The van der Waals surface area contributed by atoms with Crippen LogP contribution in [-0.2, 0) is 16.4 Å². The minimum absolute atomic E-state index is 0.0619. The van der Waals surface area contributed by atoms with E-state index in [1.807, 2.05) is 25.1 Å². The number of piperidine rings is 1. The Hall–Kier alpha value is -2.63. The summed E-state index contributed by atoms with van der Waals surface area (Å²) in [6, 6.07) is 12.3. The predicted octanol–water partition coefficient (Wildman–Crippen LogP) is 6.60. The standard InChI is InChI=1S/C41H57ClN4O4S.CH4O/c1-4-7-30-20-35(42)13-15-37(30)34-24-46-23-33-11-14-38(33)32(22-44-18-19-45-17-6-5-8-36(45)25-44)10-9-28(2)29(3)27-51(48,49)43-41(47)31-12-16-40(50-26-34)39(46)21-31;1-2/h9-10,12-13,15-16,20-21,28-29,32-34,36,38H,4-8,11,14,17-19,22-27H2,1-3H3,(H,43,47);2H,1H3/b10-9+;/t28-,29?,32?,33?,34?,36?,38?;/m0./s1. The van der Waals surface area contributed by atoms with Crippen LogP contribution in [0.3, 0.4) is 0 Å². The summed E-state index contributed by atoms with van der Waals surface area (Å²) >= 11 is 6.49. The molecule has 6 unspecified atom stereocenters. The summed E-state index contributed by atoms with van der Waals surface area (Å²) in [5, 5.41) is 7.75. The van der Waals surface area contributed by atoms with Gasteiger partial charge in [0.05, 0.1) is 18.0 Å². The lowest BCUT2D eigenvalue weighted by atomic mass is 9.66. The van der Waals surface area contributed by atoms with Crippen molar-refractivity contribution in [3.63, 3.8) is 0 Å². The summed E-state index contributed by atoms with van der Waals surface area (Å²) in [7, 11) is -2.85. The number of hydrogen-bond acceptors (Lipinski definition) is 8. The number of ether oxygens (including phenoxy) is 1. The maximum atomic E-state index is 13.5. The average Bonchev–Trinajstić information content (AvgIpc) is 3.31. The number of carbonyl (C=O) groups is 1. The molecule has 2 bridgehead atoms. The van der Waals surface area contributed by atoms with Crippen LogP contribution in [0.15, 0.2) is 48.6 Å². The van der Waals surface area contributed by atoms with E-state index >= 15 is 0 Å². The Balaban J connectivity index is 0.00000236. The summed E-state index contributed by atoms with van der Waals surface area (Å²) < 4.78 is 35.6. The number of aryl methyl sites for hydroxylation is 1. The number of anilines is 1. The summed E-state index contributed by atoms with van der Waals surface area (Å²) in [5.41, 5.74) is 3.73. The number of nitrogens with zero attached hydrogens (tertiary/aromatic N) is 3. The highest BCUT2D eigenvalue weighted by Crippen LogP contribution is 2.45. The van der Waals surface area contributed by atoms with E-state index in [0.717, 1.165) is 75.7 Å². The fraction of sp³-hybridized carbons (Fsp3) is 0.643. The number of amides is 1. The fourth-order valence-corrected chi connectivity index (χ4v) is 11.1. The largest absolute Gasteiger partial charge is 0.491 e. The second-order valence-corrected chi connectivity index (χ2v) is 18.4. The topological polar surface area (TPSA) is 102 Å². The van der Waals surface area contributed by atoms with Crippen LogP contribution in [0, 0.1) is 29.6 Å². The summed E-state index contributed by atoms with van der Waals surface area (Å²) in [6.07, 6.45) is 13.0. The summed E-state index contributed by atoms with van der Waals surface area (Å²) in [4.78, 5) is 21.4. The third-order valence-electron chi connectivity index (χ3n) is 12.7. The lowest BCUT2D eigenvalue weighted by Gasteiger charge is -2.48. The minimum Gasteiger partial charge on any atom is -0.491 e. The number of nitrogens with one attached hydrogen (secondary N) is 1. The molecule has 7 atom stereocenters. The van der Waals surface area contributed by atoms with Gasteiger partial charge in [-0.15, -0.1) is 0 Å². The molecule has 0 aromatic heterocycles. The molecule has 3 fully saturated rings. The van der Waals surface area contributed by atoms with E-state index < -0.39 is 15.9 Å². The molecule has 0 spiro atoms. The van der Waals surface area contributed by atoms with Crippen LogP contribution < -0.4 is 14.4 Å². The van der Waals surface area contributed by atoms with Gasteiger partial charge in [0.1, 0.15) is 5.75 Å². The number of piperazine rings is 1. The number of benzene rings is 2. The van der Waals surface area contributed by atoms with Crippen LogP contribution in [0.5, 0.6) is 5.75 Å². The van der Waals surface area contributed by atoms with Gasteiger partial charge in [-0.2, -0.15) is 0 Å². The highest BCUT2D eigenvalue weighted by molar-refractivity contribution is 7.90. The molecule has 2 saturated heterocycles. The number of aliphatic hydroxyl groups excluding tert-OH is 1. The van der Waals surface area contributed by atoms with E-state index in [0.29, 0.717) is 36.0 Å². The van der Waals surface area contributed by atoms with Crippen LogP contribution in [0.25, 0.3) is 0 Å². The van der Waals surface area contributed by atoms with Crippen LogP contribution in [-0.4, -0.2) is 101 Å². The fourth-order valence-electron chi connectivity index (χ4n) is 9.39. The van der Waals surface area contributed by atoms with Gasteiger partial charge in [0, 0.05) is 68.9 Å². The Morgan fingerprint density at radius 1 is 0.962 bits per heavy atom. The highest BCUT2D eigenvalue weighted by atomic mass is 35.5. The number of halogens is 1. The molecule has 1 aliphatic carbocycles. The van der Waals surface area contributed by atoms with Gasteiger partial charge in [0.2, 0.25) is 10.0 Å². The van der Waals surface area contributed by atoms with Crippen molar-refractivity contribution in [1.29, 1.82) is 0 Å². The molecule has 11 heteroatoms. The van der Waals surface area contributed by atoms with Crippen molar-refractivity contribution in [2.75, 3.05) is 70.2 Å². The van der Waals surface area contributed by atoms with Crippen molar-refractivity contribution >= 4 is 33.2 Å². The molecule has 7 rings (SSSR count). The number of aliphatic hydroxyl groups is 1. The highest BCUT2D eigenvalue weighted by Gasteiger charge is 2.40. The SMILES string of the molecule is CCCc1cc(Cl)ccc1C1COc2ccc3cc2N(C1)CC1CCC1C(CN1CCN2CCCCC2C1)/C=C/[C@H](C)C(C)CS(=O)(=O)NC3=O.CO. The van der Waals surface area contributed by atoms with E-state index in [-0.39, 0.29) is 23.5 Å². The normalized spacial score (nSPS) is 31.2. The number of carbonyl (C=O) groups excluding carboxylic acids is 1. The van der Waals surface area contributed by atoms with Crippen molar-refractivity contribution in [2.45, 2.75) is 77.7 Å². The molecule has 53 heavy (non-hydrogen) atoms. The molecule has 4 heterocycles. The summed E-state index contributed by atoms with van der Waals surface area (Å²) in [6.45, 7) is 14.1. The van der Waals surface area contributed by atoms with E-state index in [2.05, 4.69) is 57.6 Å². The molecule has 2 N–H and O–H groups in total. The van der Waals surface area contributed by atoms with Gasteiger partial charge in [-0.1, -0.05) is 63.4 Å². The van der Waals surface area contributed by atoms with Crippen LogP contribution in [0.4, 0.5) is 5.69 Å². The zero-order valence-electron chi connectivity index (χ0n) is 32.2. The monoisotopic (exact) mass is 768 g/mol.